The van der Waals surface area contributed by atoms with E-state index in [1.54, 1.807) is 12.1 Å². The third-order valence-electron chi connectivity index (χ3n) is 2.73. The number of amides is 1. The molecule has 0 aromatic heterocycles. The molecule has 1 atom stereocenters. The van der Waals surface area contributed by atoms with Gasteiger partial charge in [0, 0.05) is 12.0 Å². The fourth-order valence-electron chi connectivity index (χ4n) is 1.74. The summed E-state index contributed by atoms with van der Waals surface area (Å²) in [6, 6.07) is 4.14. The third-order valence-corrected chi connectivity index (χ3v) is 2.73. The lowest BCUT2D eigenvalue weighted by Gasteiger charge is -2.10. The summed E-state index contributed by atoms with van der Waals surface area (Å²) in [4.78, 5) is 23.1. The molecule has 1 saturated heterocycles. The Morgan fingerprint density at radius 2 is 2.33 bits per heavy atom. The molecule has 1 unspecified atom stereocenters. The minimum Gasteiger partial charge on any atom is -0.495 e. The van der Waals surface area contributed by atoms with Crippen molar-refractivity contribution in [3.63, 3.8) is 0 Å². The zero-order chi connectivity index (χ0) is 13.1. The SMILES string of the molecule is COc1ccc(C(=O)NC2CCOC2=O)cc1N. The van der Waals surface area contributed by atoms with Crippen LogP contribution in [0.15, 0.2) is 18.2 Å². The number of esters is 1. The monoisotopic (exact) mass is 250 g/mol. The molecule has 1 aromatic carbocycles. The van der Waals surface area contributed by atoms with E-state index < -0.39 is 12.0 Å². The fraction of sp³-hybridized carbons (Fsp3) is 0.333. The van der Waals surface area contributed by atoms with Gasteiger partial charge in [-0.15, -0.1) is 0 Å². The van der Waals surface area contributed by atoms with Gasteiger partial charge in [0.15, 0.2) is 0 Å². The second-order valence-corrected chi connectivity index (χ2v) is 3.94. The van der Waals surface area contributed by atoms with Crippen LogP contribution in [0.4, 0.5) is 5.69 Å². The van der Waals surface area contributed by atoms with Gasteiger partial charge in [-0.2, -0.15) is 0 Å². The predicted octanol–water partition coefficient (Wildman–Crippen LogP) is 0.323. The van der Waals surface area contributed by atoms with Gasteiger partial charge in [0.25, 0.3) is 5.91 Å². The molecule has 1 aromatic rings. The molecule has 6 heteroatoms. The van der Waals surface area contributed by atoms with Crippen molar-refractivity contribution in [1.82, 2.24) is 5.32 Å². The molecule has 0 radical (unpaired) electrons. The topological polar surface area (TPSA) is 90.6 Å². The first-order valence-electron chi connectivity index (χ1n) is 5.53. The van der Waals surface area contributed by atoms with Gasteiger partial charge >= 0.3 is 5.97 Å². The first kappa shape index (κ1) is 12.2. The number of hydrogen-bond donors (Lipinski definition) is 2. The molecule has 0 bridgehead atoms. The maximum atomic E-state index is 11.9. The summed E-state index contributed by atoms with van der Waals surface area (Å²) in [6.45, 7) is 0.342. The zero-order valence-corrected chi connectivity index (χ0v) is 9.93. The molecule has 1 aliphatic rings. The average molecular weight is 250 g/mol. The number of cyclic esters (lactones) is 1. The van der Waals surface area contributed by atoms with Gasteiger partial charge < -0.3 is 20.5 Å². The number of hydrogen-bond acceptors (Lipinski definition) is 5. The largest absolute Gasteiger partial charge is 0.495 e. The van der Waals surface area contributed by atoms with Crippen molar-refractivity contribution in [2.45, 2.75) is 12.5 Å². The highest BCUT2D eigenvalue weighted by Crippen LogP contribution is 2.22. The normalized spacial score (nSPS) is 18.3. The van der Waals surface area contributed by atoms with Crippen LogP contribution in [0.5, 0.6) is 5.75 Å². The van der Waals surface area contributed by atoms with Crippen LogP contribution in [0, 0.1) is 0 Å². The van der Waals surface area contributed by atoms with Crippen LogP contribution < -0.4 is 15.8 Å². The van der Waals surface area contributed by atoms with E-state index in [4.69, 9.17) is 15.2 Å². The number of methoxy groups -OCH3 is 1. The van der Waals surface area contributed by atoms with Crippen molar-refractivity contribution >= 4 is 17.6 Å². The molecule has 2 rings (SSSR count). The second kappa shape index (κ2) is 4.95. The molecule has 0 aliphatic carbocycles. The summed E-state index contributed by atoms with van der Waals surface area (Å²) in [6.07, 6.45) is 0.496. The quantitative estimate of drug-likeness (QED) is 0.595. The summed E-state index contributed by atoms with van der Waals surface area (Å²) in [5.74, 6) is -0.245. The molecule has 0 spiro atoms. The Morgan fingerprint density at radius 1 is 1.56 bits per heavy atom. The summed E-state index contributed by atoms with van der Waals surface area (Å²) < 4.78 is 9.76. The number of rotatable bonds is 3. The highest BCUT2D eigenvalue weighted by atomic mass is 16.5. The third kappa shape index (κ3) is 2.37. The van der Waals surface area contributed by atoms with Crippen molar-refractivity contribution in [3.05, 3.63) is 23.8 Å². The van der Waals surface area contributed by atoms with E-state index in [9.17, 15) is 9.59 Å². The van der Waals surface area contributed by atoms with Crippen LogP contribution in [0.1, 0.15) is 16.8 Å². The number of nitrogens with two attached hydrogens (primary N) is 1. The second-order valence-electron chi connectivity index (χ2n) is 3.94. The van der Waals surface area contributed by atoms with E-state index in [2.05, 4.69) is 5.32 Å². The molecular formula is C12H14N2O4. The molecule has 3 N–H and O–H groups in total. The van der Waals surface area contributed by atoms with Gasteiger partial charge in [0.1, 0.15) is 11.8 Å². The summed E-state index contributed by atoms with van der Waals surface area (Å²) >= 11 is 0. The molecule has 1 fully saturated rings. The van der Waals surface area contributed by atoms with Crippen LogP contribution >= 0.6 is 0 Å². The van der Waals surface area contributed by atoms with Gasteiger partial charge in [0.2, 0.25) is 0 Å². The molecule has 18 heavy (non-hydrogen) atoms. The van der Waals surface area contributed by atoms with Crippen LogP contribution in [0.2, 0.25) is 0 Å². The zero-order valence-electron chi connectivity index (χ0n) is 9.93. The number of ether oxygens (including phenoxy) is 2. The molecule has 6 nitrogen and oxygen atoms in total. The molecule has 1 aliphatic heterocycles. The lowest BCUT2D eigenvalue weighted by atomic mass is 10.1. The standard InChI is InChI=1S/C12H14N2O4/c1-17-10-3-2-7(6-8(10)13)11(15)14-9-4-5-18-12(9)16/h2-3,6,9H,4-5,13H2,1H3,(H,14,15). The highest BCUT2D eigenvalue weighted by Gasteiger charge is 2.28. The average Bonchev–Trinajstić information content (AvgIpc) is 2.75. The van der Waals surface area contributed by atoms with E-state index in [0.717, 1.165) is 0 Å². The highest BCUT2D eigenvalue weighted by molar-refractivity contribution is 5.98. The number of benzene rings is 1. The van der Waals surface area contributed by atoms with Gasteiger partial charge in [0.05, 0.1) is 19.4 Å². The minimum atomic E-state index is -0.569. The van der Waals surface area contributed by atoms with Gasteiger partial charge in [-0.3, -0.25) is 4.79 Å². The van der Waals surface area contributed by atoms with Crippen molar-refractivity contribution in [2.24, 2.45) is 0 Å². The minimum absolute atomic E-state index is 0.342. The lowest BCUT2D eigenvalue weighted by Crippen LogP contribution is -2.37. The Balaban J connectivity index is 2.09. The van der Waals surface area contributed by atoms with Crippen LogP contribution in [-0.4, -0.2) is 31.6 Å². The molecule has 1 amide bonds. The van der Waals surface area contributed by atoms with Crippen molar-refractivity contribution in [1.29, 1.82) is 0 Å². The summed E-state index contributed by atoms with van der Waals surface area (Å²) in [7, 11) is 1.50. The Kier molecular flexibility index (Phi) is 3.36. The predicted molar refractivity (Wildman–Crippen MR) is 64.2 cm³/mol. The Labute approximate surface area is 104 Å². The van der Waals surface area contributed by atoms with E-state index >= 15 is 0 Å². The Hall–Kier alpha value is -2.24. The number of carbonyl (C=O) groups is 2. The summed E-state index contributed by atoms with van der Waals surface area (Å²) in [5, 5.41) is 2.60. The molecular weight excluding hydrogens is 236 g/mol. The number of nitrogens with one attached hydrogen (secondary N) is 1. The molecule has 96 valence electrons. The number of carbonyl (C=O) groups excluding carboxylic acids is 2. The number of anilines is 1. The maximum Gasteiger partial charge on any atom is 0.328 e. The van der Waals surface area contributed by atoms with Gasteiger partial charge in [-0.25, -0.2) is 4.79 Å². The molecule has 1 heterocycles. The van der Waals surface area contributed by atoms with Crippen molar-refractivity contribution in [2.75, 3.05) is 19.5 Å². The number of nitrogen functional groups attached to an aromatic ring is 1. The van der Waals surface area contributed by atoms with Crippen molar-refractivity contribution < 1.29 is 19.1 Å². The van der Waals surface area contributed by atoms with Crippen LogP contribution in [0.3, 0.4) is 0 Å². The van der Waals surface area contributed by atoms with E-state index in [0.29, 0.717) is 30.0 Å². The fourth-order valence-corrected chi connectivity index (χ4v) is 1.74. The first-order valence-corrected chi connectivity index (χ1v) is 5.53. The van der Waals surface area contributed by atoms with Crippen molar-refractivity contribution in [3.8, 4) is 5.75 Å². The lowest BCUT2D eigenvalue weighted by molar-refractivity contribution is -0.139. The maximum absolute atomic E-state index is 11.9. The smallest absolute Gasteiger partial charge is 0.328 e. The van der Waals surface area contributed by atoms with Crippen LogP contribution in [-0.2, 0) is 9.53 Å². The summed E-state index contributed by atoms with van der Waals surface area (Å²) in [5.41, 5.74) is 6.47. The Morgan fingerprint density at radius 3 is 2.89 bits per heavy atom. The van der Waals surface area contributed by atoms with E-state index in [-0.39, 0.29) is 5.91 Å². The van der Waals surface area contributed by atoms with E-state index in [1.807, 2.05) is 0 Å². The van der Waals surface area contributed by atoms with Gasteiger partial charge in [-0.1, -0.05) is 0 Å². The van der Waals surface area contributed by atoms with Gasteiger partial charge in [-0.05, 0) is 18.2 Å². The Bertz CT molecular complexity index is 487. The molecule has 0 saturated carbocycles. The van der Waals surface area contributed by atoms with Crippen LogP contribution in [0.25, 0.3) is 0 Å². The van der Waals surface area contributed by atoms with E-state index in [1.165, 1.54) is 13.2 Å². The first-order chi connectivity index (χ1) is 8.61.